The third kappa shape index (κ3) is 6.45. The first kappa shape index (κ1) is 19.3. The van der Waals surface area contributed by atoms with Crippen molar-refractivity contribution in [2.75, 3.05) is 18.4 Å². The normalized spacial score (nSPS) is 11.2. The molecule has 0 saturated carbocycles. The quantitative estimate of drug-likeness (QED) is 0.712. The fourth-order valence-electron chi connectivity index (χ4n) is 2.23. The molecule has 0 aromatic heterocycles. The fraction of sp³-hybridized carbons (Fsp3) is 0.263. The molecule has 0 atom stereocenters. The van der Waals surface area contributed by atoms with Crippen molar-refractivity contribution in [2.45, 2.75) is 19.9 Å². The molecule has 0 fully saturated rings. The van der Waals surface area contributed by atoms with Crippen LogP contribution in [0.2, 0.25) is 0 Å². The first-order valence-electron chi connectivity index (χ1n) is 8.33. The number of benzene rings is 2. The number of amides is 2. The van der Waals surface area contributed by atoms with E-state index in [0.29, 0.717) is 11.4 Å². The van der Waals surface area contributed by atoms with Crippen LogP contribution in [0.1, 0.15) is 13.8 Å². The highest BCUT2D eigenvalue weighted by Crippen LogP contribution is 2.20. The van der Waals surface area contributed by atoms with Gasteiger partial charge in [-0.1, -0.05) is 18.2 Å². The molecule has 7 nitrogen and oxygen atoms in total. The first-order valence-corrected chi connectivity index (χ1v) is 8.33. The first-order chi connectivity index (χ1) is 12.4. The Morgan fingerprint density at radius 3 is 2.08 bits per heavy atom. The summed E-state index contributed by atoms with van der Waals surface area (Å²) in [5.41, 5.74) is 7.32. The molecule has 0 unspecified atom stereocenters. The van der Waals surface area contributed by atoms with E-state index in [2.05, 4.69) is 15.5 Å². The van der Waals surface area contributed by atoms with Gasteiger partial charge in [-0.3, -0.25) is 14.5 Å². The molecular weight excluding hydrogens is 330 g/mol. The highest BCUT2D eigenvalue weighted by Gasteiger charge is 2.16. The Bertz CT molecular complexity index is 757. The lowest BCUT2D eigenvalue weighted by Gasteiger charge is -2.24. The van der Waals surface area contributed by atoms with E-state index in [1.54, 1.807) is 29.2 Å². The number of nitrogens with two attached hydrogens (primary N) is 1. The van der Waals surface area contributed by atoms with Crippen molar-refractivity contribution in [2.24, 2.45) is 16.0 Å². The Balaban J connectivity index is 1.92. The maximum absolute atomic E-state index is 12.2. The van der Waals surface area contributed by atoms with Crippen molar-refractivity contribution in [3.8, 4) is 0 Å². The summed E-state index contributed by atoms with van der Waals surface area (Å²) in [6, 6.07) is 16.5. The Hall–Kier alpha value is -3.06. The van der Waals surface area contributed by atoms with Gasteiger partial charge in [0.2, 0.25) is 11.8 Å². The van der Waals surface area contributed by atoms with Gasteiger partial charge in [0.05, 0.1) is 24.5 Å². The Morgan fingerprint density at radius 2 is 1.54 bits per heavy atom. The van der Waals surface area contributed by atoms with E-state index in [0.717, 1.165) is 5.69 Å². The van der Waals surface area contributed by atoms with E-state index in [-0.39, 0.29) is 25.0 Å². The second-order valence-corrected chi connectivity index (χ2v) is 6.10. The average Bonchev–Trinajstić information content (AvgIpc) is 2.61. The van der Waals surface area contributed by atoms with Gasteiger partial charge in [0, 0.05) is 11.7 Å². The number of nitrogens with one attached hydrogen (secondary N) is 1. The standard InChI is InChI=1S/C19H23N5O2/c1-14(2)24(12-18(20)25)13-19(26)21-15-8-10-17(11-9-15)23-22-16-6-4-3-5-7-16/h3-11,14H,12-13H2,1-2H3,(H2,20,25)(H,21,26). The largest absolute Gasteiger partial charge is 0.369 e. The molecule has 0 bridgehead atoms. The number of nitrogens with zero attached hydrogens (tertiary/aromatic N) is 3. The molecule has 0 aliphatic carbocycles. The summed E-state index contributed by atoms with van der Waals surface area (Å²) < 4.78 is 0. The number of rotatable bonds is 8. The molecule has 0 saturated heterocycles. The highest BCUT2D eigenvalue weighted by atomic mass is 16.2. The van der Waals surface area contributed by atoms with Crippen molar-refractivity contribution >= 4 is 28.9 Å². The highest BCUT2D eigenvalue weighted by molar-refractivity contribution is 5.92. The van der Waals surface area contributed by atoms with E-state index >= 15 is 0 Å². The zero-order valence-corrected chi connectivity index (χ0v) is 14.9. The Kier molecular flexibility index (Phi) is 6.99. The zero-order valence-electron chi connectivity index (χ0n) is 14.9. The van der Waals surface area contributed by atoms with Crippen molar-refractivity contribution in [1.82, 2.24) is 4.90 Å². The van der Waals surface area contributed by atoms with Crippen LogP contribution in [0, 0.1) is 0 Å². The predicted molar refractivity (Wildman–Crippen MR) is 102 cm³/mol. The van der Waals surface area contributed by atoms with Gasteiger partial charge in [-0.15, -0.1) is 0 Å². The minimum absolute atomic E-state index is 0.0361. The second-order valence-electron chi connectivity index (χ2n) is 6.10. The molecular formula is C19H23N5O2. The summed E-state index contributed by atoms with van der Waals surface area (Å²) in [6.07, 6.45) is 0. The number of primary amides is 1. The summed E-state index contributed by atoms with van der Waals surface area (Å²) in [7, 11) is 0. The lowest BCUT2D eigenvalue weighted by Crippen LogP contribution is -2.43. The molecule has 2 aromatic rings. The van der Waals surface area contributed by atoms with Crippen molar-refractivity contribution in [3.05, 3.63) is 54.6 Å². The Labute approximate surface area is 152 Å². The van der Waals surface area contributed by atoms with E-state index < -0.39 is 5.91 Å². The molecule has 0 spiro atoms. The van der Waals surface area contributed by atoms with Gasteiger partial charge in [0.1, 0.15) is 0 Å². The molecule has 0 aliphatic heterocycles. The topological polar surface area (TPSA) is 100 Å². The lowest BCUT2D eigenvalue weighted by atomic mass is 10.2. The monoisotopic (exact) mass is 353 g/mol. The third-order valence-electron chi connectivity index (χ3n) is 3.62. The molecule has 2 amide bonds. The number of azo groups is 1. The van der Waals surface area contributed by atoms with Crippen LogP contribution < -0.4 is 11.1 Å². The van der Waals surface area contributed by atoms with Crippen LogP contribution in [0.3, 0.4) is 0 Å². The summed E-state index contributed by atoms with van der Waals surface area (Å²) in [4.78, 5) is 25.0. The van der Waals surface area contributed by atoms with Gasteiger partial charge in [-0.25, -0.2) is 0 Å². The number of carbonyl (C=O) groups excluding carboxylic acids is 2. The lowest BCUT2D eigenvalue weighted by molar-refractivity contribution is -0.121. The van der Waals surface area contributed by atoms with Crippen molar-refractivity contribution < 1.29 is 9.59 Å². The van der Waals surface area contributed by atoms with E-state index in [9.17, 15) is 9.59 Å². The molecule has 0 heterocycles. The van der Waals surface area contributed by atoms with Gasteiger partial charge in [-0.2, -0.15) is 10.2 Å². The van der Waals surface area contributed by atoms with Gasteiger partial charge >= 0.3 is 0 Å². The molecule has 7 heteroatoms. The molecule has 3 N–H and O–H groups in total. The van der Waals surface area contributed by atoms with Crippen molar-refractivity contribution in [3.63, 3.8) is 0 Å². The van der Waals surface area contributed by atoms with Crippen LogP contribution in [0.4, 0.5) is 17.1 Å². The van der Waals surface area contributed by atoms with E-state index in [1.165, 1.54) is 0 Å². The van der Waals surface area contributed by atoms with Gasteiger partial charge in [-0.05, 0) is 50.2 Å². The predicted octanol–water partition coefficient (Wildman–Crippen LogP) is 3.24. The number of hydrogen-bond acceptors (Lipinski definition) is 5. The summed E-state index contributed by atoms with van der Waals surface area (Å²) in [5.74, 6) is -0.668. The molecule has 0 radical (unpaired) electrons. The molecule has 0 aliphatic rings. The minimum atomic E-state index is -0.459. The SMILES string of the molecule is CC(C)N(CC(N)=O)CC(=O)Nc1ccc(N=Nc2ccccc2)cc1. The van der Waals surface area contributed by atoms with Crippen molar-refractivity contribution in [1.29, 1.82) is 0 Å². The molecule has 2 rings (SSSR count). The summed E-state index contributed by atoms with van der Waals surface area (Å²) in [5, 5.41) is 11.1. The Morgan fingerprint density at radius 1 is 0.962 bits per heavy atom. The average molecular weight is 353 g/mol. The zero-order chi connectivity index (χ0) is 18.9. The van der Waals surface area contributed by atoms with E-state index in [4.69, 9.17) is 5.73 Å². The fourth-order valence-corrected chi connectivity index (χ4v) is 2.23. The molecule has 26 heavy (non-hydrogen) atoms. The number of carbonyl (C=O) groups is 2. The summed E-state index contributed by atoms with van der Waals surface area (Å²) in [6.45, 7) is 3.95. The van der Waals surface area contributed by atoms with Crippen LogP contribution in [0.15, 0.2) is 64.8 Å². The van der Waals surface area contributed by atoms with Gasteiger partial charge in [0.15, 0.2) is 0 Å². The van der Waals surface area contributed by atoms with Crippen LogP contribution in [0.25, 0.3) is 0 Å². The second kappa shape index (κ2) is 9.43. The third-order valence-corrected chi connectivity index (χ3v) is 3.62. The van der Waals surface area contributed by atoms with Crippen LogP contribution in [-0.2, 0) is 9.59 Å². The van der Waals surface area contributed by atoms with Crippen LogP contribution in [-0.4, -0.2) is 35.8 Å². The maximum atomic E-state index is 12.2. The summed E-state index contributed by atoms with van der Waals surface area (Å²) >= 11 is 0. The molecule has 2 aromatic carbocycles. The van der Waals surface area contributed by atoms with Crippen LogP contribution in [0.5, 0.6) is 0 Å². The van der Waals surface area contributed by atoms with E-state index in [1.807, 2.05) is 44.2 Å². The minimum Gasteiger partial charge on any atom is -0.369 e. The van der Waals surface area contributed by atoms with Gasteiger partial charge < -0.3 is 11.1 Å². The maximum Gasteiger partial charge on any atom is 0.238 e. The molecule has 136 valence electrons. The van der Waals surface area contributed by atoms with Gasteiger partial charge in [0.25, 0.3) is 0 Å². The smallest absolute Gasteiger partial charge is 0.238 e. The van der Waals surface area contributed by atoms with Crippen LogP contribution >= 0.6 is 0 Å². The number of anilines is 1. The number of hydrogen-bond donors (Lipinski definition) is 2.